The SMILES string of the molecule is CCCCc1ncc(C(=O)O)n1Cc1ccc(-c2cc(-c3ccccc3)ccc2-c2nn[nH]n2)cc1. The number of carboxylic acids is 1. The summed E-state index contributed by atoms with van der Waals surface area (Å²) in [5, 5.41) is 24.3. The molecule has 0 saturated heterocycles. The zero-order chi connectivity index (χ0) is 24.9. The van der Waals surface area contributed by atoms with E-state index in [1.165, 1.54) is 6.20 Å². The number of carboxylic acid groups (broad SMARTS) is 1. The zero-order valence-corrected chi connectivity index (χ0v) is 19.9. The average molecular weight is 479 g/mol. The number of benzene rings is 3. The lowest BCUT2D eigenvalue weighted by molar-refractivity contribution is 0.0685. The van der Waals surface area contributed by atoms with Crippen LogP contribution >= 0.6 is 0 Å². The van der Waals surface area contributed by atoms with Gasteiger partial charge in [0.05, 0.1) is 6.20 Å². The molecule has 0 fully saturated rings. The Kier molecular flexibility index (Phi) is 6.66. The minimum absolute atomic E-state index is 0.208. The highest BCUT2D eigenvalue weighted by atomic mass is 16.4. The molecule has 0 aliphatic carbocycles. The van der Waals surface area contributed by atoms with Gasteiger partial charge in [-0.1, -0.05) is 74.0 Å². The summed E-state index contributed by atoms with van der Waals surface area (Å²) < 4.78 is 1.80. The molecule has 0 spiro atoms. The Morgan fingerprint density at radius 3 is 2.42 bits per heavy atom. The van der Waals surface area contributed by atoms with Crippen LogP contribution in [0.2, 0.25) is 0 Å². The van der Waals surface area contributed by atoms with Crippen LogP contribution in [-0.4, -0.2) is 41.3 Å². The van der Waals surface area contributed by atoms with Crippen LogP contribution in [0.1, 0.15) is 41.6 Å². The maximum atomic E-state index is 11.8. The van der Waals surface area contributed by atoms with E-state index in [1.54, 1.807) is 4.57 Å². The van der Waals surface area contributed by atoms with Gasteiger partial charge < -0.3 is 9.67 Å². The van der Waals surface area contributed by atoms with Crippen LogP contribution in [-0.2, 0) is 13.0 Å². The lowest BCUT2D eigenvalue weighted by atomic mass is 9.93. The van der Waals surface area contributed by atoms with Crippen LogP contribution in [0.5, 0.6) is 0 Å². The Hall–Kier alpha value is -4.59. The molecule has 8 heteroatoms. The molecule has 2 aromatic heterocycles. The Morgan fingerprint density at radius 1 is 0.944 bits per heavy atom. The molecule has 5 rings (SSSR count). The number of nitrogens with one attached hydrogen (secondary N) is 1. The standard InChI is InChI=1S/C28H26N6O2/c1-2-3-9-26-29-17-25(28(35)36)34(26)18-19-10-12-21(13-11-19)24-16-22(20-7-5-4-6-8-20)14-15-23(24)27-30-32-33-31-27/h4-8,10-17H,2-3,9,18H2,1H3,(H,35,36)(H,30,31,32,33). The minimum Gasteiger partial charge on any atom is -0.477 e. The third kappa shape index (κ3) is 4.79. The predicted octanol–water partition coefficient (Wildman–Crippen LogP) is 5.49. The van der Waals surface area contributed by atoms with Crippen LogP contribution < -0.4 is 0 Å². The Labute approximate surface area is 208 Å². The second-order valence-electron chi connectivity index (χ2n) is 8.61. The van der Waals surface area contributed by atoms with Gasteiger partial charge in [0, 0.05) is 18.5 Å². The molecular weight excluding hydrogens is 452 g/mol. The summed E-state index contributed by atoms with van der Waals surface area (Å²) in [5.74, 6) is 0.358. The van der Waals surface area contributed by atoms with E-state index in [9.17, 15) is 9.90 Å². The van der Waals surface area contributed by atoms with Crippen molar-refractivity contribution in [1.29, 1.82) is 0 Å². The van der Waals surface area contributed by atoms with Crippen LogP contribution in [0.3, 0.4) is 0 Å². The summed E-state index contributed by atoms with van der Waals surface area (Å²) >= 11 is 0. The number of carbonyl (C=O) groups is 1. The van der Waals surface area contributed by atoms with Crippen molar-refractivity contribution in [2.45, 2.75) is 32.7 Å². The fourth-order valence-corrected chi connectivity index (χ4v) is 4.33. The van der Waals surface area contributed by atoms with E-state index < -0.39 is 5.97 Å². The maximum absolute atomic E-state index is 11.8. The van der Waals surface area contributed by atoms with E-state index >= 15 is 0 Å². The third-order valence-electron chi connectivity index (χ3n) is 6.23. The van der Waals surface area contributed by atoms with Gasteiger partial charge in [0.2, 0.25) is 5.82 Å². The van der Waals surface area contributed by atoms with Gasteiger partial charge in [0.1, 0.15) is 11.5 Å². The number of unbranched alkanes of at least 4 members (excludes halogenated alkanes) is 1. The zero-order valence-electron chi connectivity index (χ0n) is 19.9. The molecule has 0 aliphatic heterocycles. The first-order valence-electron chi connectivity index (χ1n) is 11.9. The first kappa shape index (κ1) is 23.2. The number of aromatic carboxylic acids is 1. The maximum Gasteiger partial charge on any atom is 0.354 e. The molecule has 0 unspecified atom stereocenters. The minimum atomic E-state index is -0.968. The Bertz CT molecular complexity index is 1460. The van der Waals surface area contributed by atoms with Crippen LogP contribution in [0.15, 0.2) is 79.0 Å². The van der Waals surface area contributed by atoms with E-state index in [2.05, 4.69) is 56.8 Å². The highest BCUT2D eigenvalue weighted by Gasteiger charge is 2.17. The van der Waals surface area contributed by atoms with Gasteiger partial charge in [0.25, 0.3) is 0 Å². The average Bonchev–Trinajstić information content (AvgIpc) is 3.59. The van der Waals surface area contributed by atoms with Crippen molar-refractivity contribution in [1.82, 2.24) is 30.2 Å². The number of hydrogen-bond acceptors (Lipinski definition) is 5. The highest BCUT2D eigenvalue weighted by molar-refractivity contribution is 5.86. The molecular formula is C28H26N6O2. The van der Waals surface area contributed by atoms with E-state index in [0.29, 0.717) is 12.4 Å². The molecule has 36 heavy (non-hydrogen) atoms. The number of aromatic nitrogens is 6. The molecule has 5 aromatic rings. The summed E-state index contributed by atoms with van der Waals surface area (Å²) in [4.78, 5) is 16.1. The predicted molar refractivity (Wildman–Crippen MR) is 137 cm³/mol. The van der Waals surface area contributed by atoms with Crippen molar-refractivity contribution >= 4 is 5.97 Å². The fourth-order valence-electron chi connectivity index (χ4n) is 4.33. The quantitative estimate of drug-likeness (QED) is 0.290. The Balaban J connectivity index is 1.50. The number of aromatic amines is 1. The first-order chi connectivity index (χ1) is 17.6. The third-order valence-corrected chi connectivity index (χ3v) is 6.23. The second-order valence-corrected chi connectivity index (χ2v) is 8.61. The topological polar surface area (TPSA) is 110 Å². The van der Waals surface area contributed by atoms with Crippen LogP contribution in [0.4, 0.5) is 0 Å². The van der Waals surface area contributed by atoms with Gasteiger partial charge in [0.15, 0.2) is 0 Å². The molecule has 8 nitrogen and oxygen atoms in total. The molecule has 0 atom stereocenters. The van der Waals surface area contributed by atoms with Crippen molar-refractivity contribution in [3.05, 3.63) is 96.1 Å². The molecule has 180 valence electrons. The molecule has 0 bridgehead atoms. The fraction of sp³-hybridized carbons (Fsp3) is 0.179. The molecule has 0 radical (unpaired) electrons. The molecule has 0 saturated carbocycles. The number of H-pyrrole nitrogens is 1. The monoisotopic (exact) mass is 478 g/mol. The number of nitrogens with zero attached hydrogens (tertiary/aromatic N) is 5. The van der Waals surface area contributed by atoms with Gasteiger partial charge in [-0.3, -0.25) is 0 Å². The lowest BCUT2D eigenvalue weighted by Gasteiger charge is -2.13. The molecule has 3 aromatic carbocycles. The van der Waals surface area contributed by atoms with Gasteiger partial charge in [-0.2, -0.15) is 5.21 Å². The summed E-state index contributed by atoms with van der Waals surface area (Å²) in [6, 6.07) is 24.6. The van der Waals surface area contributed by atoms with Gasteiger partial charge in [-0.25, -0.2) is 9.78 Å². The van der Waals surface area contributed by atoms with Crippen molar-refractivity contribution in [2.75, 3.05) is 0 Å². The highest BCUT2D eigenvalue weighted by Crippen LogP contribution is 2.34. The van der Waals surface area contributed by atoms with E-state index in [-0.39, 0.29) is 5.69 Å². The van der Waals surface area contributed by atoms with Gasteiger partial charge in [-0.15, -0.1) is 10.2 Å². The molecule has 0 aliphatic rings. The number of hydrogen-bond donors (Lipinski definition) is 2. The van der Waals surface area contributed by atoms with Gasteiger partial charge >= 0.3 is 5.97 Å². The normalized spacial score (nSPS) is 11.0. The lowest BCUT2D eigenvalue weighted by Crippen LogP contribution is -2.12. The molecule has 2 N–H and O–H groups in total. The summed E-state index contributed by atoms with van der Waals surface area (Å²) in [6.07, 6.45) is 4.19. The Morgan fingerprint density at radius 2 is 1.72 bits per heavy atom. The smallest absolute Gasteiger partial charge is 0.354 e. The summed E-state index contributed by atoms with van der Waals surface area (Å²) in [6.45, 7) is 2.56. The molecule has 0 amide bonds. The number of rotatable bonds is 9. The van der Waals surface area contributed by atoms with Crippen molar-refractivity contribution in [2.24, 2.45) is 0 Å². The number of imidazole rings is 1. The second kappa shape index (κ2) is 10.4. The van der Waals surface area contributed by atoms with Gasteiger partial charge in [-0.05, 0) is 51.6 Å². The summed E-state index contributed by atoms with van der Waals surface area (Å²) in [7, 11) is 0. The summed E-state index contributed by atoms with van der Waals surface area (Å²) in [5.41, 5.74) is 6.29. The van der Waals surface area contributed by atoms with Crippen molar-refractivity contribution < 1.29 is 9.90 Å². The van der Waals surface area contributed by atoms with Crippen molar-refractivity contribution in [3.8, 4) is 33.6 Å². The van der Waals surface area contributed by atoms with Crippen LogP contribution in [0.25, 0.3) is 33.6 Å². The van der Waals surface area contributed by atoms with E-state index in [1.807, 2.05) is 48.5 Å². The molecule has 2 heterocycles. The van der Waals surface area contributed by atoms with Crippen molar-refractivity contribution in [3.63, 3.8) is 0 Å². The van der Waals surface area contributed by atoms with E-state index in [4.69, 9.17) is 0 Å². The number of aryl methyl sites for hydroxylation is 1. The number of tetrazole rings is 1. The first-order valence-corrected chi connectivity index (χ1v) is 11.9. The van der Waals surface area contributed by atoms with E-state index in [0.717, 1.165) is 58.5 Å². The largest absolute Gasteiger partial charge is 0.477 e. The van der Waals surface area contributed by atoms with Crippen LogP contribution in [0, 0.1) is 0 Å².